The van der Waals surface area contributed by atoms with E-state index < -0.39 is 11.4 Å². The number of hydrogen-bond donors (Lipinski definition) is 1. The number of carboxylic acids is 1. The van der Waals surface area contributed by atoms with Gasteiger partial charge in [-0.25, -0.2) is 0 Å². The van der Waals surface area contributed by atoms with E-state index in [1.807, 2.05) is 29.1 Å². The molecular weight excluding hydrogens is 404 g/mol. The maximum absolute atomic E-state index is 12.3. The molecule has 1 aromatic carbocycles. The van der Waals surface area contributed by atoms with Crippen LogP contribution in [0.25, 0.3) is 0 Å². The van der Waals surface area contributed by atoms with Crippen LogP contribution >= 0.6 is 0 Å². The van der Waals surface area contributed by atoms with Gasteiger partial charge < -0.3 is 9.94 Å². The molecule has 0 bridgehead atoms. The Morgan fingerprint density at radius 1 is 1.28 bits per heavy atom. The van der Waals surface area contributed by atoms with Crippen molar-refractivity contribution in [2.75, 3.05) is 13.1 Å². The number of hydrogen-bond acceptors (Lipinski definition) is 5. The topological polar surface area (TPSA) is 80.0 Å². The zero-order chi connectivity index (χ0) is 22.7. The number of aliphatic carboxylic acids is 1. The predicted molar refractivity (Wildman–Crippen MR) is 124 cm³/mol. The number of likely N-dealkylation sites (tertiary alicyclic amines) is 1. The lowest BCUT2D eigenvalue weighted by Gasteiger charge is -2.39. The van der Waals surface area contributed by atoms with Crippen LogP contribution in [-0.4, -0.2) is 50.7 Å². The normalized spacial score (nSPS) is 20.6. The zero-order valence-electron chi connectivity index (χ0n) is 19.0. The first-order chi connectivity index (χ1) is 15.4. The Morgan fingerprint density at radius 3 is 2.66 bits per heavy atom. The van der Waals surface area contributed by atoms with Gasteiger partial charge in [0.05, 0.1) is 23.9 Å². The van der Waals surface area contributed by atoms with Crippen LogP contribution < -0.4 is 0 Å². The first-order valence-corrected chi connectivity index (χ1v) is 11.3. The highest BCUT2D eigenvalue weighted by Gasteiger charge is 2.45. The quantitative estimate of drug-likeness (QED) is 0.634. The molecule has 170 valence electrons. The molecule has 2 aliphatic heterocycles. The van der Waals surface area contributed by atoms with E-state index >= 15 is 0 Å². The summed E-state index contributed by atoms with van der Waals surface area (Å²) in [5, 5.41) is 18.8. The molecule has 2 aromatic rings. The summed E-state index contributed by atoms with van der Waals surface area (Å²) < 4.78 is 1.94. The molecule has 7 nitrogen and oxygen atoms in total. The maximum atomic E-state index is 12.3. The third-order valence-corrected chi connectivity index (χ3v) is 6.90. The molecule has 2 aliphatic rings. The van der Waals surface area contributed by atoms with Crippen LogP contribution in [0.5, 0.6) is 0 Å². The Balaban J connectivity index is 1.35. The minimum absolute atomic E-state index is 0.187. The number of rotatable bonds is 8. The first kappa shape index (κ1) is 22.3. The van der Waals surface area contributed by atoms with Gasteiger partial charge in [0.25, 0.3) is 0 Å². The molecule has 32 heavy (non-hydrogen) atoms. The molecule has 1 N–H and O–H groups in total. The summed E-state index contributed by atoms with van der Waals surface area (Å²) in [7, 11) is 0. The van der Waals surface area contributed by atoms with Crippen molar-refractivity contribution in [2.24, 2.45) is 10.6 Å². The Morgan fingerprint density at radius 2 is 2.00 bits per heavy atom. The van der Waals surface area contributed by atoms with Crippen molar-refractivity contribution < 1.29 is 14.7 Å². The van der Waals surface area contributed by atoms with E-state index in [9.17, 15) is 9.90 Å². The highest BCUT2D eigenvalue weighted by Crippen LogP contribution is 2.39. The van der Waals surface area contributed by atoms with Gasteiger partial charge in [0.2, 0.25) is 0 Å². The Labute approximate surface area is 189 Å². The second-order valence-corrected chi connectivity index (χ2v) is 9.13. The van der Waals surface area contributed by atoms with Crippen LogP contribution in [0.15, 0.2) is 48.3 Å². The Bertz CT molecular complexity index is 1000. The molecule has 1 aromatic heterocycles. The van der Waals surface area contributed by atoms with Crippen molar-refractivity contribution in [3.63, 3.8) is 0 Å². The number of piperidine rings is 1. The second-order valence-electron chi connectivity index (χ2n) is 9.13. The smallest absolute Gasteiger partial charge is 0.309 e. The monoisotopic (exact) mass is 436 g/mol. The largest absolute Gasteiger partial charge is 0.481 e. The molecule has 7 heteroatoms. The zero-order valence-corrected chi connectivity index (χ0v) is 19.0. The van der Waals surface area contributed by atoms with E-state index in [1.165, 1.54) is 11.1 Å². The van der Waals surface area contributed by atoms with Crippen molar-refractivity contribution in [1.29, 1.82) is 0 Å². The summed E-state index contributed by atoms with van der Waals surface area (Å²) in [6.07, 6.45) is 5.94. The van der Waals surface area contributed by atoms with Gasteiger partial charge in [-0.05, 0) is 45.3 Å². The van der Waals surface area contributed by atoms with Crippen molar-refractivity contribution in [3.8, 4) is 0 Å². The van der Waals surface area contributed by atoms with E-state index in [4.69, 9.17) is 4.84 Å². The molecule has 1 fully saturated rings. The molecule has 0 saturated carbocycles. The fourth-order valence-electron chi connectivity index (χ4n) is 4.72. The molecule has 1 saturated heterocycles. The molecule has 4 rings (SSSR count). The summed E-state index contributed by atoms with van der Waals surface area (Å²) in [6.45, 7) is 10.9. The number of benzene rings is 1. The van der Waals surface area contributed by atoms with Gasteiger partial charge in [-0.2, -0.15) is 5.10 Å². The number of oxime groups is 1. The van der Waals surface area contributed by atoms with Crippen molar-refractivity contribution in [2.45, 2.75) is 58.7 Å². The molecule has 0 unspecified atom stereocenters. The second kappa shape index (κ2) is 9.28. The Hall–Kier alpha value is -2.93. The van der Waals surface area contributed by atoms with Crippen molar-refractivity contribution >= 4 is 11.7 Å². The van der Waals surface area contributed by atoms with Crippen LogP contribution in [0, 0.1) is 19.3 Å². The molecule has 0 amide bonds. The molecular formula is C25H32N4O3. The number of nitrogens with zero attached hydrogens (tertiary/aromatic N) is 4. The van der Waals surface area contributed by atoms with Crippen LogP contribution in [0.1, 0.15) is 48.1 Å². The number of carboxylic acid groups (broad SMARTS) is 1. The number of aryl methyl sites for hydroxylation is 1. The van der Waals surface area contributed by atoms with Gasteiger partial charge in [-0.1, -0.05) is 41.1 Å². The average molecular weight is 437 g/mol. The first-order valence-electron chi connectivity index (χ1n) is 11.3. The lowest BCUT2D eigenvalue weighted by Crippen LogP contribution is -2.45. The van der Waals surface area contributed by atoms with Crippen LogP contribution in [0.4, 0.5) is 0 Å². The average Bonchev–Trinajstić information content (AvgIpc) is 3.38. The van der Waals surface area contributed by atoms with Gasteiger partial charge >= 0.3 is 5.97 Å². The fraction of sp³-hybridized carbons (Fsp3) is 0.480. The van der Waals surface area contributed by atoms with E-state index in [2.05, 4.69) is 47.7 Å². The third-order valence-electron chi connectivity index (χ3n) is 6.90. The van der Waals surface area contributed by atoms with Crippen LogP contribution in [0.2, 0.25) is 0 Å². The molecule has 1 atom stereocenters. The standard InChI is InChI=1S/C25H32N4O3/c1-4-11-29-19(3)21(16-26-29)17-28-12-9-25(10-13-28,24(30)31)15-22-14-23(27-32-22)20-7-5-18(2)6-8-20/h4-8,16,22H,1,9-15,17H2,2-3H3,(H,30,31)/t22-/m1/s1. The van der Waals surface area contributed by atoms with Crippen molar-refractivity contribution in [1.82, 2.24) is 14.7 Å². The highest BCUT2D eigenvalue weighted by atomic mass is 16.6. The van der Waals surface area contributed by atoms with Crippen LogP contribution in [0.3, 0.4) is 0 Å². The van der Waals surface area contributed by atoms with Gasteiger partial charge in [-0.15, -0.1) is 6.58 Å². The van der Waals surface area contributed by atoms with E-state index in [1.54, 1.807) is 0 Å². The summed E-state index contributed by atoms with van der Waals surface area (Å²) in [6, 6.07) is 8.21. The predicted octanol–water partition coefficient (Wildman–Crippen LogP) is 3.94. The fourth-order valence-corrected chi connectivity index (χ4v) is 4.72. The van der Waals surface area contributed by atoms with E-state index in [0.717, 1.165) is 36.6 Å². The maximum Gasteiger partial charge on any atom is 0.309 e. The summed E-state index contributed by atoms with van der Waals surface area (Å²) in [5.41, 5.74) is 4.71. The number of carbonyl (C=O) groups is 1. The lowest BCUT2D eigenvalue weighted by atomic mass is 9.73. The third kappa shape index (κ3) is 4.63. The van der Waals surface area contributed by atoms with Gasteiger partial charge in [0.1, 0.15) is 6.10 Å². The molecule has 0 radical (unpaired) electrons. The van der Waals surface area contributed by atoms with E-state index in [0.29, 0.717) is 32.2 Å². The van der Waals surface area contributed by atoms with E-state index in [-0.39, 0.29) is 6.10 Å². The summed E-state index contributed by atoms with van der Waals surface area (Å²) in [5.74, 6) is -0.723. The number of aromatic nitrogens is 2. The van der Waals surface area contributed by atoms with Crippen molar-refractivity contribution in [3.05, 3.63) is 65.5 Å². The van der Waals surface area contributed by atoms with Gasteiger partial charge in [-0.3, -0.25) is 14.4 Å². The molecule has 3 heterocycles. The highest BCUT2D eigenvalue weighted by molar-refractivity contribution is 6.01. The van der Waals surface area contributed by atoms with Gasteiger partial charge in [0, 0.05) is 30.6 Å². The minimum Gasteiger partial charge on any atom is -0.481 e. The van der Waals surface area contributed by atoms with Crippen LogP contribution in [-0.2, 0) is 22.7 Å². The van der Waals surface area contributed by atoms with Gasteiger partial charge in [0.15, 0.2) is 0 Å². The SMILES string of the molecule is C=CCn1ncc(CN2CCC(C[C@H]3CC(c4ccc(C)cc4)=NO3)(C(=O)O)CC2)c1C. The molecule has 0 aliphatic carbocycles. The summed E-state index contributed by atoms with van der Waals surface area (Å²) >= 11 is 0. The Kier molecular flexibility index (Phi) is 6.46. The summed E-state index contributed by atoms with van der Waals surface area (Å²) in [4.78, 5) is 20.3. The molecule has 0 spiro atoms. The number of allylic oxidation sites excluding steroid dienone is 1. The lowest BCUT2D eigenvalue weighted by molar-refractivity contribution is -0.155. The minimum atomic E-state index is -0.762.